The molecule has 4 nitrogen and oxygen atoms in total. The summed E-state index contributed by atoms with van der Waals surface area (Å²) in [5.74, 6) is 0.769. The van der Waals surface area contributed by atoms with Gasteiger partial charge in [-0.15, -0.1) is 11.3 Å². The summed E-state index contributed by atoms with van der Waals surface area (Å²) >= 11 is 1.33. The Morgan fingerprint density at radius 3 is 2.59 bits per heavy atom. The molecule has 0 radical (unpaired) electrons. The lowest BCUT2D eigenvalue weighted by Gasteiger charge is -2.15. The van der Waals surface area contributed by atoms with E-state index in [2.05, 4.69) is 15.3 Å². The molecule has 0 unspecified atom stereocenters. The number of alkyl halides is 3. The number of rotatable bonds is 9. The summed E-state index contributed by atoms with van der Waals surface area (Å²) < 4.78 is 46.9. The average Bonchev–Trinajstić information content (AvgIpc) is 3.29. The van der Waals surface area contributed by atoms with Crippen LogP contribution in [0.4, 0.5) is 24.0 Å². The zero-order valence-electron chi connectivity index (χ0n) is 18.6. The van der Waals surface area contributed by atoms with Crippen LogP contribution in [0.1, 0.15) is 29.5 Å². The monoisotopic (exact) mass is 483 g/mol. The van der Waals surface area contributed by atoms with Crippen LogP contribution in [-0.4, -0.2) is 16.6 Å². The molecule has 4 aromatic rings. The minimum absolute atomic E-state index is 0.281. The Kier molecular flexibility index (Phi) is 7.47. The van der Waals surface area contributed by atoms with Gasteiger partial charge in [0.25, 0.3) is 0 Å². The number of unbranched alkanes of at least 4 members (excludes halogenated alkanes) is 1. The molecule has 0 saturated carbocycles. The number of aromatic nitrogens is 2. The maximum absolute atomic E-state index is 13.7. The summed E-state index contributed by atoms with van der Waals surface area (Å²) in [6.45, 7) is 2.47. The van der Waals surface area contributed by atoms with Crippen LogP contribution in [0.3, 0.4) is 0 Å². The van der Waals surface area contributed by atoms with Gasteiger partial charge in [0, 0.05) is 29.0 Å². The third kappa shape index (κ3) is 6.35. The first-order valence-corrected chi connectivity index (χ1v) is 11.8. The first kappa shape index (κ1) is 23.8. The Morgan fingerprint density at radius 1 is 1.03 bits per heavy atom. The fourth-order valence-electron chi connectivity index (χ4n) is 3.48. The van der Waals surface area contributed by atoms with Crippen LogP contribution in [-0.2, 0) is 12.6 Å². The van der Waals surface area contributed by atoms with Gasteiger partial charge in [-0.2, -0.15) is 13.2 Å². The van der Waals surface area contributed by atoms with Crippen molar-refractivity contribution in [3.05, 3.63) is 89.1 Å². The van der Waals surface area contributed by atoms with Crippen molar-refractivity contribution in [3.8, 4) is 17.0 Å². The van der Waals surface area contributed by atoms with Gasteiger partial charge in [0.1, 0.15) is 5.75 Å². The molecule has 0 aliphatic carbocycles. The molecule has 4 rings (SSSR count). The quantitative estimate of drug-likeness (QED) is 0.248. The Morgan fingerprint density at radius 2 is 1.85 bits per heavy atom. The summed E-state index contributed by atoms with van der Waals surface area (Å²) in [5, 5.41) is 5.36. The lowest BCUT2D eigenvalue weighted by molar-refractivity contribution is -0.138. The molecule has 0 spiro atoms. The minimum atomic E-state index is -4.44. The lowest BCUT2D eigenvalue weighted by atomic mass is 10.0. The first-order valence-electron chi connectivity index (χ1n) is 10.9. The van der Waals surface area contributed by atoms with E-state index in [1.165, 1.54) is 11.3 Å². The molecule has 0 aliphatic heterocycles. The van der Waals surface area contributed by atoms with Crippen molar-refractivity contribution in [1.29, 1.82) is 0 Å². The molecule has 0 atom stereocenters. The Bertz CT molecular complexity index is 1210. The van der Waals surface area contributed by atoms with Gasteiger partial charge in [-0.05, 0) is 68.1 Å². The molecule has 0 amide bonds. The van der Waals surface area contributed by atoms with Gasteiger partial charge >= 0.3 is 6.18 Å². The van der Waals surface area contributed by atoms with Crippen LogP contribution in [0.15, 0.2) is 72.4 Å². The van der Waals surface area contributed by atoms with Crippen molar-refractivity contribution in [2.45, 2.75) is 32.4 Å². The van der Waals surface area contributed by atoms with E-state index >= 15 is 0 Å². The Balaban J connectivity index is 1.37. The number of thiazole rings is 1. The molecule has 1 N–H and O–H groups in total. The minimum Gasteiger partial charge on any atom is -0.494 e. The normalized spacial score (nSPS) is 11.4. The lowest BCUT2D eigenvalue weighted by Crippen LogP contribution is -2.10. The Hall–Kier alpha value is -3.39. The van der Waals surface area contributed by atoms with Crippen molar-refractivity contribution in [1.82, 2.24) is 9.97 Å². The third-order valence-corrected chi connectivity index (χ3v) is 6.02. The molecule has 176 valence electrons. The highest BCUT2D eigenvalue weighted by atomic mass is 32.1. The van der Waals surface area contributed by atoms with E-state index in [4.69, 9.17) is 4.74 Å². The molecule has 34 heavy (non-hydrogen) atoms. The second-order valence-corrected chi connectivity index (χ2v) is 8.75. The van der Waals surface area contributed by atoms with Gasteiger partial charge in [-0.3, -0.25) is 4.98 Å². The number of halogens is 3. The second kappa shape index (κ2) is 10.7. The van der Waals surface area contributed by atoms with E-state index in [1.54, 1.807) is 24.5 Å². The molecular formula is C26H24F3N3OS. The van der Waals surface area contributed by atoms with Gasteiger partial charge in [0.2, 0.25) is 0 Å². The van der Waals surface area contributed by atoms with E-state index in [9.17, 15) is 13.2 Å². The summed E-state index contributed by atoms with van der Waals surface area (Å²) in [5.41, 5.74) is 2.73. The van der Waals surface area contributed by atoms with Crippen LogP contribution in [0.5, 0.6) is 5.75 Å². The Labute approximate surface area is 200 Å². The fraction of sp³-hybridized carbons (Fsp3) is 0.231. The zero-order valence-corrected chi connectivity index (χ0v) is 19.4. The van der Waals surface area contributed by atoms with E-state index in [1.807, 2.05) is 48.7 Å². The number of ether oxygens (including phenoxy) is 1. The van der Waals surface area contributed by atoms with E-state index in [-0.39, 0.29) is 5.56 Å². The van der Waals surface area contributed by atoms with Crippen molar-refractivity contribution in [2.24, 2.45) is 0 Å². The largest absolute Gasteiger partial charge is 0.494 e. The van der Waals surface area contributed by atoms with Crippen molar-refractivity contribution in [2.75, 3.05) is 11.9 Å². The molecular weight excluding hydrogens is 459 g/mol. The van der Waals surface area contributed by atoms with Crippen molar-refractivity contribution in [3.63, 3.8) is 0 Å². The molecule has 0 aliphatic rings. The van der Waals surface area contributed by atoms with Crippen LogP contribution in [0, 0.1) is 6.92 Å². The van der Waals surface area contributed by atoms with Gasteiger partial charge in [-0.25, -0.2) is 4.98 Å². The summed E-state index contributed by atoms with van der Waals surface area (Å²) in [6, 6.07) is 15.8. The highest BCUT2D eigenvalue weighted by molar-refractivity contribution is 7.14. The zero-order chi connectivity index (χ0) is 24.0. The number of hydrogen-bond acceptors (Lipinski definition) is 5. The number of nitrogens with one attached hydrogen (secondary N) is 1. The SMILES string of the molecule is Cc1ccc(OCCCCc2ccc(Nc3nc(-c4cccnc4)cs3)cc2C(F)(F)F)cc1. The van der Waals surface area contributed by atoms with Crippen molar-refractivity contribution >= 4 is 22.2 Å². The fourth-order valence-corrected chi connectivity index (χ4v) is 4.22. The predicted octanol–water partition coefficient (Wildman–Crippen LogP) is 7.68. The first-order chi connectivity index (χ1) is 16.4. The smallest absolute Gasteiger partial charge is 0.416 e. The van der Waals surface area contributed by atoms with E-state index < -0.39 is 11.7 Å². The maximum atomic E-state index is 13.7. The number of nitrogens with zero attached hydrogens (tertiary/aromatic N) is 2. The second-order valence-electron chi connectivity index (χ2n) is 7.89. The molecule has 2 aromatic heterocycles. The van der Waals surface area contributed by atoms with E-state index in [0.29, 0.717) is 36.7 Å². The van der Waals surface area contributed by atoms with Gasteiger partial charge in [-0.1, -0.05) is 23.8 Å². The number of aryl methyl sites for hydroxylation is 2. The van der Waals surface area contributed by atoms with Crippen LogP contribution < -0.4 is 10.1 Å². The van der Waals surface area contributed by atoms with Gasteiger partial charge in [0.05, 0.1) is 17.9 Å². The van der Waals surface area contributed by atoms with Crippen LogP contribution in [0.25, 0.3) is 11.3 Å². The maximum Gasteiger partial charge on any atom is 0.416 e. The summed E-state index contributed by atoms with van der Waals surface area (Å²) in [6.07, 6.45) is 0.529. The van der Waals surface area contributed by atoms with Crippen LogP contribution in [0.2, 0.25) is 0 Å². The molecule has 0 fully saturated rings. The summed E-state index contributed by atoms with van der Waals surface area (Å²) in [4.78, 5) is 8.53. The average molecular weight is 484 g/mol. The number of pyridine rings is 1. The number of hydrogen-bond donors (Lipinski definition) is 1. The molecule has 8 heteroatoms. The van der Waals surface area contributed by atoms with Crippen molar-refractivity contribution < 1.29 is 17.9 Å². The number of benzene rings is 2. The topological polar surface area (TPSA) is 47.0 Å². The predicted molar refractivity (Wildman–Crippen MR) is 130 cm³/mol. The van der Waals surface area contributed by atoms with E-state index in [0.717, 1.165) is 28.6 Å². The molecule has 2 aromatic carbocycles. The summed E-state index contributed by atoms with van der Waals surface area (Å²) in [7, 11) is 0. The number of anilines is 2. The highest BCUT2D eigenvalue weighted by Crippen LogP contribution is 2.36. The van der Waals surface area contributed by atoms with Gasteiger partial charge in [0.15, 0.2) is 5.13 Å². The highest BCUT2D eigenvalue weighted by Gasteiger charge is 2.33. The molecule has 0 saturated heterocycles. The molecule has 2 heterocycles. The van der Waals surface area contributed by atoms with Crippen LogP contribution >= 0.6 is 11.3 Å². The van der Waals surface area contributed by atoms with Gasteiger partial charge < -0.3 is 10.1 Å². The molecule has 0 bridgehead atoms. The third-order valence-electron chi connectivity index (χ3n) is 5.26. The standard InChI is InChI=1S/C26H24F3N3OS/c1-18-7-11-22(12-8-18)33-14-3-2-5-19-9-10-21(15-23(19)26(27,28)29)31-25-32-24(17-34-25)20-6-4-13-30-16-20/h4,6-13,15-17H,2-3,5,14H2,1H3,(H,31,32).